The summed E-state index contributed by atoms with van der Waals surface area (Å²) in [6.45, 7) is 6.18. The Morgan fingerprint density at radius 2 is 2.36 bits per heavy atom. The number of benzene rings is 1. The highest BCUT2D eigenvalue weighted by Crippen LogP contribution is 2.15. The van der Waals surface area contributed by atoms with Gasteiger partial charge in [-0.05, 0) is 25.1 Å². The van der Waals surface area contributed by atoms with E-state index in [1.807, 2.05) is 13.0 Å². The molecule has 1 aromatic rings. The van der Waals surface area contributed by atoms with Crippen molar-refractivity contribution >= 4 is 5.69 Å². The Kier molecular flexibility index (Phi) is 3.24. The Labute approximate surface area is 82.7 Å². The molecular weight excluding hydrogens is 179 g/mol. The van der Waals surface area contributed by atoms with Gasteiger partial charge in [0.1, 0.15) is 11.9 Å². The van der Waals surface area contributed by atoms with Crippen molar-refractivity contribution in [1.82, 2.24) is 0 Å². The molecule has 0 aliphatic carbocycles. The largest absolute Gasteiger partial charge is 0.380 e. The van der Waals surface area contributed by atoms with Gasteiger partial charge in [0.25, 0.3) is 0 Å². The van der Waals surface area contributed by atoms with Crippen LogP contribution in [-0.2, 0) is 0 Å². The molecule has 0 unspecified atom stereocenters. The quantitative estimate of drug-likeness (QED) is 0.744. The monoisotopic (exact) mass is 190 g/mol. The number of hydrogen-bond donors (Lipinski definition) is 1. The van der Waals surface area contributed by atoms with Gasteiger partial charge in [-0.2, -0.15) is 5.26 Å². The summed E-state index contributed by atoms with van der Waals surface area (Å²) in [5, 5.41) is 11.7. The molecule has 0 saturated carbocycles. The second-order valence-electron chi connectivity index (χ2n) is 3.11. The van der Waals surface area contributed by atoms with Crippen molar-refractivity contribution in [2.24, 2.45) is 0 Å². The first-order valence-corrected chi connectivity index (χ1v) is 4.21. The number of nitrogens with one attached hydrogen (secondary N) is 1. The van der Waals surface area contributed by atoms with E-state index in [1.54, 1.807) is 6.07 Å². The first-order chi connectivity index (χ1) is 6.63. The van der Waals surface area contributed by atoms with Crippen LogP contribution in [0, 0.1) is 17.1 Å². The fourth-order valence-corrected chi connectivity index (χ4v) is 1.01. The van der Waals surface area contributed by atoms with Gasteiger partial charge in [0.2, 0.25) is 0 Å². The second kappa shape index (κ2) is 4.43. The Balaban J connectivity index is 2.87. The van der Waals surface area contributed by atoms with E-state index in [4.69, 9.17) is 5.26 Å². The maximum atomic E-state index is 12.7. The average Bonchev–Trinajstić information content (AvgIpc) is 2.15. The van der Waals surface area contributed by atoms with E-state index in [2.05, 4.69) is 11.9 Å². The molecule has 0 spiro atoms. The van der Waals surface area contributed by atoms with Crippen LogP contribution in [0.25, 0.3) is 0 Å². The third-order valence-corrected chi connectivity index (χ3v) is 1.68. The Hall–Kier alpha value is -1.82. The van der Waals surface area contributed by atoms with E-state index in [0.29, 0.717) is 17.8 Å². The number of nitrogens with zero attached hydrogens (tertiary/aromatic N) is 1. The van der Waals surface area contributed by atoms with Crippen molar-refractivity contribution in [1.29, 1.82) is 5.26 Å². The molecule has 72 valence electrons. The molecule has 0 aliphatic heterocycles. The minimum absolute atomic E-state index is 0.311. The van der Waals surface area contributed by atoms with Gasteiger partial charge in [-0.15, -0.1) is 0 Å². The summed E-state index contributed by atoms with van der Waals surface area (Å²) in [6, 6.07) is 6.01. The highest BCUT2D eigenvalue weighted by molar-refractivity contribution is 5.57. The zero-order valence-corrected chi connectivity index (χ0v) is 7.97. The Morgan fingerprint density at radius 3 is 2.93 bits per heavy atom. The first-order valence-electron chi connectivity index (χ1n) is 4.21. The van der Waals surface area contributed by atoms with Crippen LogP contribution in [0.15, 0.2) is 30.4 Å². The minimum Gasteiger partial charge on any atom is -0.380 e. The molecule has 0 heterocycles. The minimum atomic E-state index is -0.401. The zero-order chi connectivity index (χ0) is 10.6. The molecule has 1 rings (SSSR count). The van der Waals surface area contributed by atoms with E-state index in [-0.39, 0.29) is 0 Å². The Morgan fingerprint density at radius 1 is 1.64 bits per heavy atom. The van der Waals surface area contributed by atoms with E-state index in [9.17, 15) is 4.39 Å². The summed E-state index contributed by atoms with van der Waals surface area (Å²) in [5.41, 5.74) is 1.90. The normalized spacial score (nSPS) is 9.21. The van der Waals surface area contributed by atoms with Gasteiger partial charge in [0, 0.05) is 6.54 Å². The SMILES string of the molecule is C=C(C)CNc1ccc(F)cc1C#N. The maximum absolute atomic E-state index is 12.7. The highest BCUT2D eigenvalue weighted by Gasteiger charge is 2.02. The van der Waals surface area contributed by atoms with Gasteiger partial charge >= 0.3 is 0 Å². The zero-order valence-electron chi connectivity index (χ0n) is 7.97. The smallest absolute Gasteiger partial charge is 0.124 e. The lowest BCUT2D eigenvalue weighted by atomic mass is 10.2. The van der Waals surface area contributed by atoms with Crippen molar-refractivity contribution in [3.8, 4) is 6.07 Å². The summed E-state index contributed by atoms with van der Waals surface area (Å²) in [7, 11) is 0. The van der Waals surface area contributed by atoms with Gasteiger partial charge in [0.15, 0.2) is 0 Å². The molecule has 0 radical (unpaired) electrons. The van der Waals surface area contributed by atoms with Gasteiger partial charge in [0.05, 0.1) is 11.3 Å². The molecule has 0 atom stereocenters. The molecule has 0 saturated heterocycles. The van der Waals surface area contributed by atoms with Crippen molar-refractivity contribution in [2.75, 3.05) is 11.9 Å². The summed E-state index contributed by atoms with van der Waals surface area (Å²) in [4.78, 5) is 0. The lowest BCUT2D eigenvalue weighted by Gasteiger charge is -2.07. The predicted molar refractivity (Wildman–Crippen MR) is 54.4 cm³/mol. The standard InChI is InChI=1S/C11H11FN2/c1-8(2)7-14-11-4-3-10(12)5-9(11)6-13/h3-5,14H,1,7H2,2H3. The summed E-state index contributed by atoms with van der Waals surface area (Å²) >= 11 is 0. The van der Waals surface area contributed by atoms with Crippen LogP contribution in [0.5, 0.6) is 0 Å². The average molecular weight is 190 g/mol. The molecule has 1 aromatic carbocycles. The van der Waals surface area contributed by atoms with Gasteiger partial charge < -0.3 is 5.32 Å². The fraction of sp³-hybridized carbons (Fsp3) is 0.182. The summed E-state index contributed by atoms with van der Waals surface area (Å²) in [6.07, 6.45) is 0. The van der Waals surface area contributed by atoms with E-state index >= 15 is 0 Å². The molecule has 1 N–H and O–H groups in total. The lowest BCUT2D eigenvalue weighted by Crippen LogP contribution is -2.03. The van der Waals surface area contributed by atoms with Crippen LogP contribution >= 0.6 is 0 Å². The molecule has 2 nitrogen and oxygen atoms in total. The third-order valence-electron chi connectivity index (χ3n) is 1.68. The third kappa shape index (κ3) is 2.60. The molecule has 0 fully saturated rings. The summed E-state index contributed by atoms with van der Waals surface area (Å²) < 4.78 is 12.7. The van der Waals surface area contributed by atoms with Crippen molar-refractivity contribution < 1.29 is 4.39 Å². The number of rotatable bonds is 3. The van der Waals surface area contributed by atoms with Crippen LogP contribution in [-0.4, -0.2) is 6.54 Å². The van der Waals surface area contributed by atoms with E-state index in [0.717, 1.165) is 5.57 Å². The van der Waals surface area contributed by atoms with Crippen LogP contribution in [0.2, 0.25) is 0 Å². The van der Waals surface area contributed by atoms with E-state index in [1.165, 1.54) is 12.1 Å². The van der Waals surface area contributed by atoms with Crippen molar-refractivity contribution in [3.63, 3.8) is 0 Å². The predicted octanol–water partition coefficient (Wildman–Crippen LogP) is 2.69. The highest BCUT2D eigenvalue weighted by atomic mass is 19.1. The molecule has 0 aromatic heterocycles. The number of halogens is 1. The van der Waals surface area contributed by atoms with Gasteiger partial charge in [-0.25, -0.2) is 4.39 Å². The number of hydrogen-bond acceptors (Lipinski definition) is 2. The summed E-state index contributed by atoms with van der Waals surface area (Å²) in [5.74, 6) is -0.401. The molecule has 0 bridgehead atoms. The molecule has 14 heavy (non-hydrogen) atoms. The van der Waals surface area contributed by atoms with Crippen LogP contribution in [0.4, 0.5) is 10.1 Å². The van der Waals surface area contributed by atoms with E-state index < -0.39 is 5.82 Å². The van der Waals surface area contributed by atoms with Crippen molar-refractivity contribution in [3.05, 3.63) is 41.7 Å². The molecule has 0 aliphatic rings. The van der Waals surface area contributed by atoms with Crippen molar-refractivity contribution in [2.45, 2.75) is 6.92 Å². The molecular formula is C11H11FN2. The van der Waals surface area contributed by atoms with Crippen LogP contribution in [0.1, 0.15) is 12.5 Å². The van der Waals surface area contributed by atoms with Crippen LogP contribution < -0.4 is 5.32 Å². The molecule has 0 amide bonds. The first kappa shape index (κ1) is 10.3. The molecule has 3 heteroatoms. The van der Waals surface area contributed by atoms with Crippen LogP contribution in [0.3, 0.4) is 0 Å². The van der Waals surface area contributed by atoms with Gasteiger partial charge in [-0.1, -0.05) is 12.2 Å². The van der Waals surface area contributed by atoms with Gasteiger partial charge in [-0.3, -0.25) is 0 Å². The Bertz CT molecular complexity index is 391. The second-order valence-corrected chi connectivity index (χ2v) is 3.11. The number of nitriles is 1. The number of anilines is 1. The lowest BCUT2D eigenvalue weighted by molar-refractivity contribution is 0.627. The topological polar surface area (TPSA) is 35.8 Å². The fourth-order valence-electron chi connectivity index (χ4n) is 1.01. The maximum Gasteiger partial charge on any atom is 0.124 e.